The first-order valence-electron chi connectivity index (χ1n) is 9.54. The predicted octanol–water partition coefficient (Wildman–Crippen LogP) is 3.95. The predicted molar refractivity (Wildman–Crippen MR) is 112 cm³/mol. The SMILES string of the molecule is COc1ccc(CCC(=O)c2ccc(O)c(OCC(=O)OC(C)(C)C)c2)cc1OC. The number of Topliss-reactive ketones (excluding diaryl/α,β-unsaturated/α-hetero) is 1. The molecule has 0 atom stereocenters. The maximum atomic E-state index is 12.6. The zero-order chi connectivity index (χ0) is 22.3. The summed E-state index contributed by atoms with van der Waals surface area (Å²) in [7, 11) is 3.12. The van der Waals surface area contributed by atoms with Gasteiger partial charge in [0.15, 0.2) is 35.4 Å². The second-order valence-electron chi connectivity index (χ2n) is 7.67. The average Bonchev–Trinajstić information content (AvgIpc) is 2.69. The van der Waals surface area contributed by atoms with Gasteiger partial charge in [0.1, 0.15) is 5.60 Å². The van der Waals surface area contributed by atoms with Crippen LogP contribution in [0.5, 0.6) is 23.0 Å². The van der Waals surface area contributed by atoms with E-state index in [9.17, 15) is 14.7 Å². The molecule has 1 N–H and O–H groups in total. The monoisotopic (exact) mass is 416 g/mol. The fourth-order valence-electron chi connectivity index (χ4n) is 2.75. The molecular formula is C23H28O7. The van der Waals surface area contributed by atoms with Crippen LogP contribution in [0.15, 0.2) is 36.4 Å². The standard InChI is InChI=1S/C23H28O7/c1-23(2,3)30-22(26)14-29-20-13-16(8-10-18(20)25)17(24)9-6-15-7-11-19(27-4)21(12-15)28-5/h7-8,10-13,25H,6,9,14H2,1-5H3. The minimum absolute atomic E-state index is 0.0535. The number of ketones is 1. The lowest BCUT2D eigenvalue weighted by Crippen LogP contribution is -2.27. The van der Waals surface area contributed by atoms with Gasteiger partial charge >= 0.3 is 5.97 Å². The lowest BCUT2D eigenvalue weighted by Gasteiger charge is -2.19. The normalized spacial score (nSPS) is 11.0. The minimum atomic E-state index is -0.634. The van der Waals surface area contributed by atoms with E-state index < -0.39 is 11.6 Å². The van der Waals surface area contributed by atoms with Crippen molar-refractivity contribution in [3.05, 3.63) is 47.5 Å². The number of hydrogen-bond acceptors (Lipinski definition) is 7. The van der Waals surface area contributed by atoms with Crippen molar-refractivity contribution < 1.29 is 33.6 Å². The van der Waals surface area contributed by atoms with Gasteiger partial charge in [0.05, 0.1) is 14.2 Å². The first-order chi connectivity index (χ1) is 14.1. The van der Waals surface area contributed by atoms with Gasteiger partial charge in [-0.15, -0.1) is 0 Å². The number of ether oxygens (including phenoxy) is 4. The molecule has 2 rings (SSSR count). The summed E-state index contributed by atoms with van der Waals surface area (Å²) in [5.41, 5.74) is 0.679. The first kappa shape index (κ1) is 23.1. The second kappa shape index (κ2) is 10.0. The smallest absolute Gasteiger partial charge is 0.344 e. The third-order valence-electron chi connectivity index (χ3n) is 4.14. The van der Waals surface area contributed by atoms with Crippen LogP contribution in [-0.2, 0) is 16.0 Å². The van der Waals surface area contributed by atoms with Gasteiger partial charge in [0.2, 0.25) is 0 Å². The Hall–Kier alpha value is -3.22. The molecule has 0 saturated heterocycles. The summed E-state index contributed by atoms with van der Waals surface area (Å²) in [6.07, 6.45) is 0.764. The van der Waals surface area contributed by atoms with Crippen LogP contribution in [0.2, 0.25) is 0 Å². The van der Waals surface area contributed by atoms with Gasteiger partial charge in [-0.3, -0.25) is 4.79 Å². The molecule has 0 amide bonds. The maximum Gasteiger partial charge on any atom is 0.344 e. The molecule has 0 heterocycles. The largest absolute Gasteiger partial charge is 0.504 e. The van der Waals surface area contributed by atoms with Crippen molar-refractivity contribution in [3.63, 3.8) is 0 Å². The molecule has 162 valence electrons. The Labute approximate surface area is 176 Å². The number of carbonyl (C=O) groups is 2. The summed E-state index contributed by atoms with van der Waals surface area (Å²) >= 11 is 0. The molecule has 0 spiro atoms. The van der Waals surface area contributed by atoms with Gasteiger partial charge in [-0.1, -0.05) is 6.07 Å². The van der Waals surface area contributed by atoms with Crippen molar-refractivity contribution in [1.82, 2.24) is 0 Å². The minimum Gasteiger partial charge on any atom is -0.504 e. The van der Waals surface area contributed by atoms with E-state index in [2.05, 4.69) is 0 Å². The van der Waals surface area contributed by atoms with Crippen LogP contribution in [0.1, 0.15) is 43.1 Å². The zero-order valence-electron chi connectivity index (χ0n) is 18.0. The number of phenols is 1. The molecule has 7 heteroatoms. The molecule has 0 unspecified atom stereocenters. The number of phenolic OH excluding ortho intramolecular Hbond substituents is 1. The van der Waals surface area contributed by atoms with Crippen LogP contribution in [-0.4, -0.2) is 43.3 Å². The Kier molecular flexibility index (Phi) is 7.69. The van der Waals surface area contributed by atoms with E-state index in [1.165, 1.54) is 18.2 Å². The summed E-state index contributed by atoms with van der Waals surface area (Å²) < 4.78 is 21.0. The molecule has 0 saturated carbocycles. The van der Waals surface area contributed by atoms with Crippen molar-refractivity contribution >= 4 is 11.8 Å². The lowest BCUT2D eigenvalue weighted by molar-refractivity contribution is -0.157. The number of benzene rings is 2. The molecule has 0 radical (unpaired) electrons. The quantitative estimate of drug-likeness (QED) is 0.489. The molecule has 0 aliphatic heterocycles. The fraction of sp³-hybridized carbons (Fsp3) is 0.391. The van der Waals surface area contributed by atoms with E-state index >= 15 is 0 Å². The Morgan fingerprint density at radius 3 is 2.27 bits per heavy atom. The Balaban J connectivity index is 2.01. The van der Waals surface area contributed by atoms with Crippen molar-refractivity contribution in [2.45, 2.75) is 39.2 Å². The van der Waals surface area contributed by atoms with E-state index in [1.807, 2.05) is 12.1 Å². The van der Waals surface area contributed by atoms with Crippen molar-refractivity contribution in [2.24, 2.45) is 0 Å². The number of rotatable bonds is 9. The van der Waals surface area contributed by atoms with E-state index in [4.69, 9.17) is 18.9 Å². The number of aromatic hydroxyl groups is 1. The van der Waals surface area contributed by atoms with Crippen LogP contribution < -0.4 is 14.2 Å². The number of carbonyl (C=O) groups excluding carboxylic acids is 2. The van der Waals surface area contributed by atoms with E-state index in [-0.39, 0.29) is 30.3 Å². The third-order valence-corrected chi connectivity index (χ3v) is 4.14. The van der Waals surface area contributed by atoms with Gasteiger partial charge in [-0.25, -0.2) is 4.79 Å². The fourth-order valence-corrected chi connectivity index (χ4v) is 2.75. The van der Waals surface area contributed by atoms with Crippen molar-refractivity contribution in [3.8, 4) is 23.0 Å². The lowest BCUT2D eigenvalue weighted by atomic mass is 10.0. The highest BCUT2D eigenvalue weighted by molar-refractivity contribution is 5.96. The zero-order valence-corrected chi connectivity index (χ0v) is 18.0. The van der Waals surface area contributed by atoms with Crippen LogP contribution in [0.4, 0.5) is 0 Å². The molecule has 2 aromatic rings. The van der Waals surface area contributed by atoms with Gasteiger partial charge < -0.3 is 24.1 Å². The summed E-state index contributed by atoms with van der Waals surface area (Å²) in [6, 6.07) is 9.82. The molecule has 0 aliphatic carbocycles. The second-order valence-corrected chi connectivity index (χ2v) is 7.67. The third kappa shape index (κ3) is 6.69. The molecule has 0 bridgehead atoms. The highest BCUT2D eigenvalue weighted by atomic mass is 16.6. The van der Waals surface area contributed by atoms with Crippen LogP contribution >= 0.6 is 0 Å². The van der Waals surface area contributed by atoms with Crippen LogP contribution in [0, 0.1) is 0 Å². The van der Waals surface area contributed by atoms with Crippen LogP contribution in [0.3, 0.4) is 0 Å². The maximum absolute atomic E-state index is 12.6. The molecule has 30 heavy (non-hydrogen) atoms. The van der Waals surface area contributed by atoms with E-state index in [0.29, 0.717) is 23.5 Å². The van der Waals surface area contributed by atoms with Gasteiger partial charge in [0.25, 0.3) is 0 Å². The Bertz CT molecular complexity index is 897. The van der Waals surface area contributed by atoms with Gasteiger partial charge in [-0.05, 0) is 63.1 Å². The number of hydrogen-bond donors (Lipinski definition) is 1. The number of methoxy groups -OCH3 is 2. The summed E-state index contributed by atoms with van der Waals surface area (Å²) in [4.78, 5) is 24.4. The molecule has 0 fully saturated rings. The molecule has 0 aliphatic rings. The van der Waals surface area contributed by atoms with Gasteiger partial charge in [-0.2, -0.15) is 0 Å². The Morgan fingerprint density at radius 1 is 0.933 bits per heavy atom. The van der Waals surface area contributed by atoms with Crippen molar-refractivity contribution in [1.29, 1.82) is 0 Å². The number of aryl methyl sites for hydroxylation is 1. The topological polar surface area (TPSA) is 91.3 Å². The summed E-state index contributed by atoms with van der Waals surface area (Å²) in [5.74, 6) is 0.439. The highest BCUT2D eigenvalue weighted by Crippen LogP contribution is 2.29. The number of esters is 1. The van der Waals surface area contributed by atoms with Gasteiger partial charge in [0, 0.05) is 12.0 Å². The molecule has 0 aromatic heterocycles. The van der Waals surface area contributed by atoms with E-state index in [1.54, 1.807) is 41.1 Å². The molecule has 2 aromatic carbocycles. The van der Waals surface area contributed by atoms with E-state index in [0.717, 1.165) is 5.56 Å². The summed E-state index contributed by atoms with van der Waals surface area (Å²) in [6.45, 7) is 4.88. The first-order valence-corrected chi connectivity index (χ1v) is 9.54. The summed E-state index contributed by atoms with van der Waals surface area (Å²) in [5, 5.41) is 9.96. The highest BCUT2D eigenvalue weighted by Gasteiger charge is 2.18. The van der Waals surface area contributed by atoms with Crippen molar-refractivity contribution in [2.75, 3.05) is 20.8 Å². The van der Waals surface area contributed by atoms with Crippen LogP contribution in [0.25, 0.3) is 0 Å². The Morgan fingerprint density at radius 2 is 1.63 bits per heavy atom. The average molecular weight is 416 g/mol. The molecule has 7 nitrogen and oxygen atoms in total. The molecular weight excluding hydrogens is 388 g/mol.